The van der Waals surface area contributed by atoms with E-state index in [0.29, 0.717) is 23.4 Å². The van der Waals surface area contributed by atoms with Gasteiger partial charge in [-0.25, -0.2) is 4.79 Å². The average molecular weight is 525 g/mol. The summed E-state index contributed by atoms with van der Waals surface area (Å²) in [5.74, 6) is -2.26. The monoisotopic (exact) mass is 524 g/mol. The number of thioether (sulfide) groups is 1. The van der Waals surface area contributed by atoms with E-state index in [1.165, 1.54) is 23.1 Å². The van der Waals surface area contributed by atoms with E-state index >= 15 is 0 Å². The minimum absolute atomic E-state index is 0.0953. The molecule has 10 heteroatoms. The highest BCUT2D eigenvalue weighted by Crippen LogP contribution is 2.39. The van der Waals surface area contributed by atoms with Crippen LogP contribution in [0.2, 0.25) is 0 Å². The molecule has 0 fully saturated rings. The summed E-state index contributed by atoms with van der Waals surface area (Å²) in [6.45, 7) is 4.95. The number of esters is 1. The van der Waals surface area contributed by atoms with Crippen molar-refractivity contribution in [3.05, 3.63) is 92.8 Å². The van der Waals surface area contributed by atoms with Crippen LogP contribution >= 0.6 is 11.8 Å². The van der Waals surface area contributed by atoms with Crippen molar-refractivity contribution in [1.29, 1.82) is 0 Å². The lowest BCUT2D eigenvalue weighted by Crippen LogP contribution is -2.37. The Morgan fingerprint density at radius 2 is 1.76 bits per heavy atom. The molecule has 1 unspecified atom stereocenters. The third-order valence-electron chi connectivity index (χ3n) is 6.02. The van der Waals surface area contributed by atoms with Crippen LogP contribution in [-0.2, 0) is 14.3 Å². The van der Waals surface area contributed by atoms with E-state index < -0.39 is 22.8 Å². The van der Waals surface area contributed by atoms with Gasteiger partial charge in [0.25, 0.3) is 5.69 Å². The molecule has 196 valence electrons. The van der Waals surface area contributed by atoms with Gasteiger partial charge < -0.3 is 24.9 Å². The van der Waals surface area contributed by atoms with Crippen molar-refractivity contribution in [3.8, 4) is 0 Å². The van der Waals surface area contributed by atoms with E-state index in [9.17, 15) is 24.8 Å². The first-order valence-electron chi connectivity index (χ1n) is 11.9. The molecule has 2 aromatic carbocycles. The Morgan fingerprint density at radius 1 is 1.05 bits per heavy atom. The molecule has 0 aromatic heterocycles. The minimum atomic E-state index is -1.46. The molecule has 0 aliphatic carbocycles. The lowest BCUT2D eigenvalue weighted by atomic mass is 9.80. The van der Waals surface area contributed by atoms with Crippen LogP contribution in [0.15, 0.2) is 82.0 Å². The molecule has 9 nitrogen and oxygen atoms in total. The molecule has 0 radical (unpaired) electrons. The number of carboxylic acids is 1. The summed E-state index contributed by atoms with van der Waals surface area (Å²) >= 11 is 1.78. The average Bonchev–Trinajstić information content (AvgIpc) is 2.86. The lowest BCUT2D eigenvalue weighted by molar-refractivity contribution is -0.384. The first-order valence-corrected chi connectivity index (χ1v) is 12.9. The van der Waals surface area contributed by atoms with Crippen LogP contribution < -0.4 is 10.4 Å². The summed E-state index contributed by atoms with van der Waals surface area (Å²) < 4.78 is 5.53. The largest absolute Gasteiger partial charge is 0.545 e. The zero-order valence-corrected chi connectivity index (χ0v) is 21.9. The first-order chi connectivity index (χ1) is 17.7. The molecule has 1 atom stereocenters. The molecule has 0 bridgehead atoms. The Kier molecular flexibility index (Phi) is 9.87. The number of ether oxygens (including phenoxy) is 1. The Bertz CT molecular complexity index is 1210. The van der Waals surface area contributed by atoms with E-state index in [1.54, 1.807) is 31.7 Å². The van der Waals surface area contributed by atoms with Crippen molar-refractivity contribution in [3.63, 3.8) is 0 Å². The molecule has 0 amide bonds. The number of aliphatic carboxylic acids is 1. The van der Waals surface area contributed by atoms with Gasteiger partial charge in [0.05, 0.1) is 23.1 Å². The fourth-order valence-electron chi connectivity index (χ4n) is 4.21. The van der Waals surface area contributed by atoms with E-state index in [4.69, 9.17) is 4.74 Å². The standard InChI is InChI=1S/C27H31N3O6S/c1-18-23(26(31)32)25(20-9-7-10-21(17-20)30(34)35)24(19(2)28-18)27(33)36-15-8-13-29(3)14-16-37-22-11-5-4-6-12-22/h4-7,9-12,17,25,28H,8,13-16H2,1-3H3,(H,31,32)/p-1. The number of dihydropyridines is 1. The Morgan fingerprint density at radius 3 is 2.43 bits per heavy atom. The number of rotatable bonds is 12. The number of carbonyl (C=O) groups excluding carboxylic acids is 2. The van der Waals surface area contributed by atoms with E-state index in [1.807, 2.05) is 25.2 Å². The zero-order valence-electron chi connectivity index (χ0n) is 21.1. The van der Waals surface area contributed by atoms with Gasteiger partial charge >= 0.3 is 5.97 Å². The van der Waals surface area contributed by atoms with Crippen molar-refractivity contribution >= 4 is 29.4 Å². The maximum atomic E-state index is 13.2. The van der Waals surface area contributed by atoms with Gasteiger partial charge in [-0.05, 0) is 45.0 Å². The number of benzene rings is 2. The zero-order chi connectivity index (χ0) is 26.9. The van der Waals surface area contributed by atoms with Crippen molar-refractivity contribution in [1.82, 2.24) is 10.2 Å². The van der Waals surface area contributed by atoms with Crippen molar-refractivity contribution < 1.29 is 24.4 Å². The van der Waals surface area contributed by atoms with Crippen molar-refractivity contribution in [2.45, 2.75) is 31.1 Å². The highest BCUT2D eigenvalue weighted by atomic mass is 32.2. The first kappa shape index (κ1) is 27.9. The number of non-ortho nitro benzene ring substituents is 1. The number of hydrogen-bond donors (Lipinski definition) is 1. The molecule has 2 aromatic rings. The number of nitrogens with one attached hydrogen (secondary N) is 1. The van der Waals surface area contributed by atoms with Crippen molar-refractivity contribution in [2.24, 2.45) is 0 Å². The van der Waals surface area contributed by atoms with Crippen LogP contribution in [0, 0.1) is 10.1 Å². The van der Waals surface area contributed by atoms with Gasteiger partial charge in [-0.1, -0.05) is 30.3 Å². The number of nitro benzene ring substituents is 1. The van der Waals surface area contributed by atoms with Crippen LogP contribution in [0.4, 0.5) is 5.69 Å². The van der Waals surface area contributed by atoms with Crippen molar-refractivity contribution in [2.75, 3.05) is 32.5 Å². The van der Waals surface area contributed by atoms with Gasteiger partial charge in [0.1, 0.15) is 0 Å². The van der Waals surface area contributed by atoms with Gasteiger partial charge in [-0.15, -0.1) is 11.8 Å². The van der Waals surface area contributed by atoms with Gasteiger partial charge in [0.15, 0.2) is 0 Å². The van der Waals surface area contributed by atoms with Crippen LogP contribution in [0.5, 0.6) is 0 Å². The number of carboxylic acid groups (broad SMARTS) is 1. The molecule has 1 N–H and O–H groups in total. The summed E-state index contributed by atoms with van der Waals surface area (Å²) in [7, 11) is 2.00. The second-order valence-electron chi connectivity index (χ2n) is 8.73. The van der Waals surface area contributed by atoms with Crippen LogP contribution in [0.25, 0.3) is 0 Å². The van der Waals surface area contributed by atoms with Gasteiger partial charge in [0.2, 0.25) is 0 Å². The highest BCUT2D eigenvalue weighted by Gasteiger charge is 2.35. The Balaban J connectivity index is 1.64. The smallest absolute Gasteiger partial charge is 0.336 e. The number of carbonyl (C=O) groups is 2. The summed E-state index contributed by atoms with van der Waals surface area (Å²) in [6, 6.07) is 15.8. The van der Waals surface area contributed by atoms with E-state index in [0.717, 1.165) is 18.8 Å². The number of nitrogens with zero attached hydrogens (tertiary/aromatic N) is 2. The SMILES string of the molecule is CC1=C(C(=O)[O-])C(c2cccc([N+](=O)[O-])c2)C(C(=O)OCCCN(C)CCSc2ccccc2)=C(C)N1. The van der Waals surface area contributed by atoms with Gasteiger partial charge in [0, 0.05) is 58.8 Å². The maximum Gasteiger partial charge on any atom is 0.336 e. The molecule has 0 spiro atoms. The molecular formula is C27H30N3O6S-. The molecule has 1 aliphatic rings. The molecule has 0 saturated carbocycles. The molecule has 1 heterocycles. The predicted molar refractivity (Wildman–Crippen MR) is 140 cm³/mol. The van der Waals surface area contributed by atoms with Crippen LogP contribution in [0.1, 0.15) is 31.7 Å². The molecule has 3 rings (SSSR count). The van der Waals surface area contributed by atoms with E-state index in [-0.39, 0.29) is 23.4 Å². The topological polar surface area (TPSA) is 125 Å². The van der Waals surface area contributed by atoms with Gasteiger partial charge in [-0.3, -0.25) is 10.1 Å². The summed E-state index contributed by atoms with van der Waals surface area (Å²) in [5, 5.41) is 26.3. The fraction of sp³-hybridized carbons (Fsp3) is 0.333. The lowest BCUT2D eigenvalue weighted by Gasteiger charge is -2.32. The maximum absolute atomic E-state index is 13.2. The highest BCUT2D eigenvalue weighted by molar-refractivity contribution is 7.99. The third kappa shape index (κ3) is 7.43. The Labute approximate surface area is 220 Å². The second kappa shape index (κ2) is 13.1. The molecule has 1 aliphatic heterocycles. The fourth-order valence-corrected chi connectivity index (χ4v) is 5.20. The van der Waals surface area contributed by atoms with Crippen LogP contribution in [0.3, 0.4) is 0 Å². The summed E-state index contributed by atoms with van der Waals surface area (Å²) in [5.41, 5.74) is 0.771. The minimum Gasteiger partial charge on any atom is -0.545 e. The summed E-state index contributed by atoms with van der Waals surface area (Å²) in [6.07, 6.45) is 0.599. The van der Waals surface area contributed by atoms with Gasteiger partial charge in [-0.2, -0.15) is 0 Å². The van der Waals surface area contributed by atoms with E-state index in [2.05, 4.69) is 22.3 Å². The normalized spacial score (nSPS) is 15.5. The number of nitro groups is 1. The van der Waals surface area contributed by atoms with Crippen LogP contribution in [-0.4, -0.2) is 54.3 Å². The quantitative estimate of drug-likeness (QED) is 0.146. The molecule has 37 heavy (non-hydrogen) atoms. The number of allylic oxidation sites excluding steroid dienone is 2. The number of hydrogen-bond acceptors (Lipinski definition) is 9. The predicted octanol–water partition coefficient (Wildman–Crippen LogP) is 3.24. The summed E-state index contributed by atoms with van der Waals surface area (Å²) in [4.78, 5) is 39.3. The molecular weight excluding hydrogens is 494 g/mol. The molecule has 0 saturated heterocycles. The second-order valence-corrected chi connectivity index (χ2v) is 9.90. The Hall–Kier alpha value is -3.63. The third-order valence-corrected chi connectivity index (χ3v) is 7.01.